The molecule has 0 unspecified atom stereocenters. The van der Waals surface area contributed by atoms with Gasteiger partial charge in [0.15, 0.2) is 10.8 Å². The average molecular weight is 380 g/mol. The minimum absolute atomic E-state index is 0.123. The summed E-state index contributed by atoms with van der Waals surface area (Å²) >= 11 is 1.54. The number of benzene rings is 1. The molecular weight excluding hydrogens is 363 g/mol. The fourth-order valence-electron chi connectivity index (χ4n) is 3.15. The Morgan fingerprint density at radius 2 is 1.89 bits per heavy atom. The highest BCUT2D eigenvalue weighted by Crippen LogP contribution is 2.25. The van der Waals surface area contributed by atoms with Gasteiger partial charge in [0.2, 0.25) is 0 Å². The van der Waals surface area contributed by atoms with E-state index < -0.39 is 5.82 Å². The molecule has 1 aliphatic heterocycles. The van der Waals surface area contributed by atoms with Crippen molar-refractivity contribution < 1.29 is 4.39 Å². The van der Waals surface area contributed by atoms with Crippen LogP contribution in [0.15, 0.2) is 42.0 Å². The molecule has 3 heterocycles. The van der Waals surface area contributed by atoms with Gasteiger partial charge in [-0.15, -0.1) is 11.3 Å². The fourth-order valence-corrected chi connectivity index (χ4v) is 3.91. The van der Waals surface area contributed by atoms with Crippen LogP contribution in [0.2, 0.25) is 0 Å². The number of aromatic nitrogens is 3. The zero-order chi connectivity index (χ0) is 18.6. The normalized spacial score (nSPS) is 14.9. The van der Waals surface area contributed by atoms with Crippen LogP contribution >= 0.6 is 11.3 Å². The minimum atomic E-state index is -0.462. The molecule has 0 N–H and O–H groups in total. The molecule has 27 heavy (non-hydrogen) atoms. The second kappa shape index (κ2) is 7.78. The lowest BCUT2D eigenvalue weighted by Gasteiger charge is -2.36. The van der Waals surface area contributed by atoms with Crippen molar-refractivity contribution in [2.45, 2.75) is 6.54 Å². The molecule has 0 bridgehead atoms. The van der Waals surface area contributed by atoms with E-state index >= 15 is 0 Å². The summed E-state index contributed by atoms with van der Waals surface area (Å²) in [4.78, 5) is 17.5. The van der Waals surface area contributed by atoms with Crippen LogP contribution in [0.25, 0.3) is 10.8 Å². The Kier molecular flexibility index (Phi) is 5.05. The van der Waals surface area contributed by atoms with Gasteiger partial charge < -0.3 is 4.90 Å². The number of hydrogen-bond acceptors (Lipinski definition) is 7. The van der Waals surface area contributed by atoms with E-state index in [1.807, 2.05) is 17.5 Å². The highest BCUT2D eigenvalue weighted by atomic mass is 32.1. The van der Waals surface area contributed by atoms with Gasteiger partial charge in [0.05, 0.1) is 11.4 Å². The summed E-state index contributed by atoms with van der Waals surface area (Å²) in [7, 11) is 0. The fraction of sp³-hybridized carbons (Fsp3) is 0.263. The molecule has 2 aromatic heterocycles. The summed E-state index contributed by atoms with van der Waals surface area (Å²) in [6.07, 6.45) is 3.43. The summed E-state index contributed by atoms with van der Waals surface area (Å²) < 4.78 is 13.8. The number of thiazole rings is 1. The third kappa shape index (κ3) is 3.79. The summed E-state index contributed by atoms with van der Waals surface area (Å²) in [5.74, 6) is 0.185. The number of hydrogen-bond donors (Lipinski definition) is 0. The Labute approximate surface area is 160 Å². The smallest absolute Gasteiger partial charge is 0.188 e. The summed E-state index contributed by atoms with van der Waals surface area (Å²) in [5, 5.41) is 12.1. The van der Waals surface area contributed by atoms with Crippen LogP contribution in [0, 0.1) is 17.1 Å². The first-order valence-corrected chi connectivity index (χ1v) is 9.50. The monoisotopic (exact) mass is 380 g/mol. The average Bonchev–Trinajstić information content (AvgIpc) is 3.18. The lowest BCUT2D eigenvalue weighted by atomic mass is 10.1. The lowest BCUT2D eigenvalue weighted by molar-refractivity contribution is 0.247. The quantitative estimate of drug-likeness (QED) is 0.693. The number of nitriles is 1. The SMILES string of the molecule is N#Cc1c(F)cccc1N1CCN(Cc2csc(-c3ncccn3)n2)CC1. The predicted molar refractivity (Wildman–Crippen MR) is 102 cm³/mol. The zero-order valence-electron chi connectivity index (χ0n) is 14.5. The van der Waals surface area contributed by atoms with E-state index in [1.165, 1.54) is 6.07 Å². The molecule has 0 atom stereocenters. The molecule has 1 saturated heterocycles. The molecule has 3 aromatic rings. The zero-order valence-corrected chi connectivity index (χ0v) is 15.4. The van der Waals surface area contributed by atoms with E-state index in [-0.39, 0.29) is 5.56 Å². The summed E-state index contributed by atoms with van der Waals surface area (Å²) in [6, 6.07) is 8.56. The number of nitrogens with zero attached hydrogens (tertiary/aromatic N) is 6. The number of rotatable bonds is 4. The number of piperazine rings is 1. The maximum Gasteiger partial charge on any atom is 0.188 e. The van der Waals surface area contributed by atoms with Crippen LogP contribution in [-0.4, -0.2) is 46.0 Å². The first kappa shape index (κ1) is 17.5. The van der Waals surface area contributed by atoms with E-state index in [0.717, 1.165) is 43.4 Å². The summed E-state index contributed by atoms with van der Waals surface area (Å²) in [6.45, 7) is 3.91. The van der Waals surface area contributed by atoms with Crippen molar-refractivity contribution in [3.63, 3.8) is 0 Å². The van der Waals surface area contributed by atoms with E-state index in [4.69, 9.17) is 0 Å². The van der Waals surface area contributed by atoms with Crippen LogP contribution in [0.3, 0.4) is 0 Å². The van der Waals surface area contributed by atoms with Crippen molar-refractivity contribution in [2.75, 3.05) is 31.1 Å². The number of halogens is 1. The van der Waals surface area contributed by atoms with Crippen molar-refractivity contribution in [1.29, 1.82) is 5.26 Å². The van der Waals surface area contributed by atoms with Gasteiger partial charge in [-0.3, -0.25) is 4.90 Å². The molecule has 0 spiro atoms. The van der Waals surface area contributed by atoms with Crippen LogP contribution in [-0.2, 0) is 6.54 Å². The molecule has 0 aliphatic carbocycles. The number of anilines is 1. The van der Waals surface area contributed by atoms with Gasteiger partial charge >= 0.3 is 0 Å². The molecule has 1 aliphatic rings. The largest absolute Gasteiger partial charge is 0.368 e. The van der Waals surface area contributed by atoms with Crippen LogP contribution in [0.4, 0.5) is 10.1 Å². The molecule has 4 rings (SSSR count). The van der Waals surface area contributed by atoms with Crippen LogP contribution in [0.5, 0.6) is 0 Å². The van der Waals surface area contributed by atoms with E-state index in [1.54, 1.807) is 35.9 Å². The molecule has 6 nitrogen and oxygen atoms in total. The molecule has 1 aromatic carbocycles. The third-order valence-corrected chi connectivity index (χ3v) is 5.40. The van der Waals surface area contributed by atoms with E-state index in [2.05, 4.69) is 24.8 Å². The van der Waals surface area contributed by atoms with Crippen LogP contribution in [0.1, 0.15) is 11.3 Å². The van der Waals surface area contributed by atoms with Crippen molar-refractivity contribution in [3.8, 4) is 16.9 Å². The maximum absolute atomic E-state index is 13.8. The topological polar surface area (TPSA) is 68.9 Å². The molecule has 0 amide bonds. The Balaban J connectivity index is 1.39. The third-order valence-electron chi connectivity index (χ3n) is 4.51. The second-order valence-corrected chi connectivity index (χ2v) is 7.08. The molecular formula is C19H17FN6S. The van der Waals surface area contributed by atoms with Crippen molar-refractivity contribution >= 4 is 17.0 Å². The molecule has 0 saturated carbocycles. The standard InChI is InChI=1S/C19H17FN6S/c20-16-3-1-4-17(15(16)11-21)26-9-7-25(8-10-26)12-14-13-27-19(24-14)18-22-5-2-6-23-18/h1-6,13H,7-10,12H2. The molecule has 1 fully saturated rings. The Morgan fingerprint density at radius 3 is 2.63 bits per heavy atom. The van der Waals surface area contributed by atoms with Crippen molar-refractivity contribution in [2.24, 2.45) is 0 Å². The van der Waals surface area contributed by atoms with Crippen molar-refractivity contribution in [3.05, 3.63) is 59.1 Å². The Morgan fingerprint density at radius 1 is 1.11 bits per heavy atom. The van der Waals surface area contributed by atoms with Gasteiger partial charge in [-0.1, -0.05) is 6.07 Å². The van der Waals surface area contributed by atoms with Gasteiger partial charge in [0, 0.05) is 50.5 Å². The second-order valence-electron chi connectivity index (χ2n) is 6.23. The first-order chi connectivity index (χ1) is 13.2. The van der Waals surface area contributed by atoms with Gasteiger partial charge in [0.25, 0.3) is 0 Å². The van der Waals surface area contributed by atoms with Crippen molar-refractivity contribution in [1.82, 2.24) is 19.9 Å². The lowest BCUT2D eigenvalue weighted by Crippen LogP contribution is -2.46. The maximum atomic E-state index is 13.8. The van der Waals surface area contributed by atoms with Gasteiger partial charge in [-0.25, -0.2) is 19.3 Å². The molecule has 0 radical (unpaired) electrons. The minimum Gasteiger partial charge on any atom is -0.368 e. The Hall–Kier alpha value is -2.89. The van der Waals surface area contributed by atoms with Gasteiger partial charge in [-0.2, -0.15) is 5.26 Å². The first-order valence-electron chi connectivity index (χ1n) is 8.62. The van der Waals surface area contributed by atoms with Gasteiger partial charge in [0.1, 0.15) is 17.4 Å². The molecule has 8 heteroatoms. The molecule has 136 valence electrons. The van der Waals surface area contributed by atoms with E-state index in [9.17, 15) is 9.65 Å². The van der Waals surface area contributed by atoms with E-state index in [0.29, 0.717) is 11.5 Å². The predicted octanol–water partition coefficient (Wildman–Crippen LogP) is 2.93. The highest BCUT2D eigenvalue weighted by molar-refractivity contribution is 7.13. The Bertz CT molecular complexity index is 960. The van der Waals surface area contributed by atoms with Gasteiger partial charge in [-0.05, 0) is 18.2 Å². The highest BCUT2D eigenvalue weighted by Gasteiger charge is 2.21. The summed E-state index contributed by atoms with van der Waals surface area (Å²) in [5.41, 5.74) is 1.80. The van der Waals surface area contributed by atoms with Crippen LogP contribution < -0.4 is 4.90 Å².